The second kappa shape index (κ2) is 8.60. The zero-order chi connectivity index (χ0) is 21.0. The van der Waals surface area contributed by atoms with Gasteiger partial charge in [-0.25, -0.2) is 4.68 Å². The third-order valence-corrected chi connectivity index (χ3v) is 4.61. The fourth-order valence-corrected chi connectivity index (χ4v) is 3.01. The molecule has 0 radical (unpaired) electrons. The van der Waals surface area contributed by atoms with E-state index in [0.29, 0.717) is 17.2 Å². The molecule has 2 aromatic carbocycles. The highest BCUT2D eigenvalue weighted by atomic mass is 16.4. The molecule has 0 saturated heterocycles. The van der Waals surface area contributed by atoms with E-state index in [9.17, 15) is 19.8 Å². The van der Waals surface area contributed by atoms with Crippen molar-refractivity contribution in [1.82, 2.24) is 15.1 Å². The second-order valence-electron chi connectivity index (χ2n) is 7.08. The lowest BCUT2D eigenvalue weighted by Crippen LogP contribution is -2.30. The van der Waals surface area contributed by atoms with Crippen molar-refractivity contribution in [2.75, 3.05) is 0 Å². The van der Waals surface area contributed by atoms with Crippen molar-refractivity contribution >= 4 is 11.9 Å². The number of hydrogen-bond acceptors (Lipinski definition) is 4. The molecular weight excluding hydrogens is 370 g/mol. The van der Waals surface area contributed by atoms with Crippen molar-refractivity contribution in [3.8, 4) is 11.6 Å². The summed E-state index contributed by atoms with van der Waals surface area (Å²) in [5, 5.41) is 26.3. The molecule has 1 amide bonds. The summed E-state index contributed by atoms with van der Waals surface area (Å²) in [4.78, 5) is 24.0. The molecule has 3 rings (SSSR count). The quantitative estimate of drug-likeness (QED) is 0.568. The number of carbonyl (C=O) groups excluding carboxylic acids is 1. The average Bonchev–Trinajstić information content (AvgIpc) is 3.09. The first-order valence-electron chi connectivity index (χ1n) is 9.32. The van der Waals surface area contributed by atoms with E-state index in [1.165, 1.54) is 10.7 Å². The Morgan fingerprint density at radius 2 is 1.66 bits per heavy atom. The van der Waals surface area contributed by atoms with Crippen LogP contribution in [0.3, 0.4) is 0 Å². The van der Waals surface area contributed by atoms with Gasteiger partial charge in [0, 0.05) is 6.07 Å². The molecule has 1 atom stereocenters. The minimum atomic E-state index is -1.03. The molecule has 150 valence electrons. The van der Waals surface area contributed by atoms with Gasteiger partial charge < -0.3 is 15.5 Å². The topological polar surface area (TPSA) is 104 Å². The number of benzene rings is 2. The Hall–Kier alpha value is -3.61. The Balaban J connectivity index is 1.83. The van der Waals surface area contributed by atoms with Gasteiger partial charge in [-0.05, 0) is 29.2 Å². The first-order valence-corrected chi connectivity index (χ1v) is 9.32. The number of aromatic nitrogens is 2. The first kappa shape index (κ1) is 20.1. The largest absolute Gasteiger partial charge is 0.493 e. The number of amides is 1. The van der Waals surface area contributed by atoms with E-state index in [1.54, 1.807) is 24.3 Å². The van der Waals surface area contributed by atoms with Crippen molar-refractivity contribution < 1.29 is 19.8 Å². The van der Waals surface area contributed by atoms with Crippen LogP contribution in [0.2, 0.25) is 0 Å². The fraction of sp³-hybridized carbons (Fsp3) is 0.227. The number of aliphatic carboxylic acids is 1. The molecule has 29 heavy (non-hydrogen) atoms. The molecule has 3 aromatic rings. The number of rotatable bonds is 7. The summed E-state index contributed by atoms with van der Waals surface area (Å²) in [5.74, 6) is -1.42. The Kier molecular flexibility index (Phi) is 5.97. The SMILES string of the molecule is CC(C)c1ccc(C(CC(=O)O)NC(=O)c2cc(O)n(-c3ccccc3)n2)cc1. The van der Waals surface area contributed by atoms with Crippen LogP contribution < -0.4 is 5.32 Å². The van der Waals surface area contributed by atoms with Gasteiger partial charge in [-0.2, -0.15) is 5.10 Å². The van der Waals surface area contributed by atoms with Crippen LogP contribution in [0, 0.1) is 0 Å². The minimum absolute atomic E-state index is 0.000502. The molecule has 7 heteroatoms. The summed E-state index contributed by atoms with van der Waals surface area (Å²) in [6.45, 7) is 4.14. The van der Waals surface area contributed by atoms with Crippen LogP contribution >= 0.6 is 0 Å². The standard InChI is InChI=1S/C22H23N3O4/c1-14(2)15-8-10-16(11-9-15)18(13-21(27)28)23-22(29)19-12-20(26)25(24-19)17-6-4-3-5-7-17/h3-12,14,18,26H,13H2,1-2H3,(H,23,29)(H,27,28). The van der Waals surface area contributed by atoms with Crippen molar-refractivity contribution in [1.29, 1.82) is 0 Å². The van der Waals surface area contributed by atoms with Crippen molar-refractivity contribution in [3.63, 3.8) is 0 Å². The predicted molar refractivity (Wildman–Crippen MR) is 108 cm³/mol. The maximum atomic E-state index is 12.7. The summed E-state index contributed by atoms with van der Waals surface area (Å²) in [6.07, 6.45) is -0.266. The van der Waals surface area contributed by atoms with Gasteiger partial charge in [0.2, 0.25) is 5.88 Å². The molecule has 1 unspecified atom stereocenters. The maximum Gasteiger partial charge on any atom is 0.305 e. The molecule has 3 N–H and O–H groups in total. The molecule has 0 saturated carbocycles. The Bertz CT molecular complexity index is 995. The Morgan fingerprint density at radius 1 is 1.03 bits per heavy atom. The number of nitrogens with one attached hydrogen (secondary N) is 1. The van der Waals surface area contributed by atoms with Gasteiger partial charge in [0.1, 0.15) is 0 Å². The number of nitrogens with zero attached hydrogens (tertiary/aromatic N) is 2. The Labute approximate surface area is 168 Å². The van der Waals surface area contributed by atoms with Crippen molar-refractivity contribution in [2.24, 2.45) is 0 Å². The highest BCUT2D eigenvalue weighted by Gasteiger charge is 2.22. The van der Waals surface area contributed by atoms with E-state index in [-0.39, 0.29) is 18.0 Å². The number of carboxylic acid groups (broad SMARTS) is 1. The van der Waals surface area contributed by atoms with E-state index in [0.717, 1.165) is 5.56 Å². The molecule has 7 nitrogen and oxygen atoms in total. The van der Waals surface area contributed by atoms with Crippen LogP contribution in [0.5, 0.6) is 5.88 Å². The summed E-state index contributed by atoms with van der Waals surface area (Å²) in [7, 11) is 0. The first-order chi connectivity index (χ1) is 13.8. The molecule has 0 aliphatic rings. The summed E-state index contributed by atoms with van der Waals surface area (Å²) in [6, 6.07) is 16.9. The van der Waals surface area contributed by atoms with Crippen LogP contribution in [-0.4, -0.2) is 31.9 Å². The molecule has 0 bridgehead atoms. The van der Waals surface area contributed by atoms with Crippen LogP contribution in [0.1, 0.15) is 53.8 Å². The summed E-state index contributed by atoms with van der Waals surface area (Å²) in [5.41, 5.74) is 2.42. The lowest BCUT2D eigenvalue weighted by molar-refractivity contribution is -0.137. The minimum Gasteiger partial charge on any atom is -0.493 e. The van der Waals surface area contributed by atoms with Crippen LogP contribution in [-0.2, 0) is 4.79 Å². The highest BCUT2D eigenvalue weighted by Crippen LogP contribution is 2.23. The smallest absolute Gasteiger partial charge is 0.305 e. The zero-order valence-electron chi connectivity index (χ0n) is 16.2. The van der Waals surface area contributed by atoms with E-state index >= 15 is 0 Å². The second-order valence-corrected chi connectivity index (χ2v) is 7.08. The van der Waals surface area contributed by atoms with E-state index in [1.807, 2.05) is 30.3 Å². The normalized spacial score (nSPS) is 12.0. The molecule has 1 heterocycles. The maximum absolute atomic E-state index is 12.7. The third-order valence-electron chi connectivity index (χ3n) is 4.61. The predicted octanol–water partition coefficient (Wildman–Crippen LogP) is 3.65. The third kappa shape index (κ3) is 4.82. The Morgan fingerprint density at radius 3 is 2.24 bits per heavy atom. The van der Waals surface area contributed by atoms with Crippen LogP contribution in [0.4, 0.5) is 0 Å². The average molecular weight is 393 g/mol. The number of aromatic hydroxyl groups is 1. The van der Waals surface area contributed by atoms with Crippen LogP contribution in [0.25, 0.3) is 5.69 Å². The van der Waals surface area contributed by atoms with Gasteiger partial charge in [-0.3, -0.25) is 9.59 Å². The summed E-state index contributed by atoms with van der Waals surface area (Å²) < 4.78 is 1.25. The van der Waals surface area contributed by atoms with E-state index in [2.05, 4.69) is 24.3 Å². The van der Waals surface area contributed by atoms with Crippen LogP contribution in [0.15, 0.2) is 60.7 Å². The molecule has 0 aliphatic carbocycles. The van der Waals surface area contributed by atoms with E-state index in [4.69, 9.17) is 0 Å². The van der Waals surface area contributed by atoms with Gasteiger partial charge in [0.15, 0.2) is 5.69 Å². The number of carboxylic acids is 1. The molecule has 0 spiro atoms. The highest BCUT2D eigenvalue weighted by molar-refractivity contribution is 5.93. The van der Waals surface area contributed by atoms with Gasteiger partial charge in [-0.1, -0.05) is 56.3 Å². The van der Waals surface area contributed by atoms with Crippen molar-refractivity contribution in [2.45, 2.75) is 32.2 Å². The van der Waals surface area contributed by atoms with Crippen molar-refractivity contribution in [3.05, 3.63) is 77.5 Å². The van der Waals surface area contributed by atoms with Gasteiger partial charge in [0.05, 0.1) is 18.2 Å². The lowest BCUT2D eigenvalue weighted by Gasteiger charge is -2.17. The molecule has 0 fully saturated rings. The lowest BCUT2D eigenvalue weighted by atomic mass is 9.97. The molecule has 1 aromatic heterocycles. The van der Waals surface area contributed by atoms with Gasteiger partial charge in [-0.15, -0.1) is 0 Å². The fourth-order valence-electron chi connectivity index (χ4n) is 3.01. The number of hydrogen-bond donors (Lipinski definition) is 3. The number of carbonyl (C=O) groups is 2. The molecule has 0 aliphatic heterocycles. The zero-order valence-corrected chi connectivity index (χ0v) is 16.2. The molecular formula is C22H23N3O4. The van der Waals surface area contributed by atoms with Gasteiger partial charge >= 0.3 is 5.97 Å². The monoisotopic (exact) mass is 393 g/mol. The number of para-hydroxylation sites is 1. The van der Waals surface area contributed by atoms with E-state index < -0.39 is 17.9 Å². The summed E-state index contributed by atoms with van der Waals surface area (Å²) >= 11 is 0. The van der Waals surface area contributed by atoms with Gasteiger partial charge in [0.25, 0.3) is 5.91 Å².